The smallest absolute Gasteiger partial charge is 0.0717 e. The van der Waals surface area contributed by atoms with Crippen LogP contribution in [0.2, 0.25) is 0 Å². The summed E-state index contributed by atoms with van der Waals surface area (Å²) >= 11 is 7.69. The predicted molar refractivity (Wildman–Crippen MR) is 71.4 cm³/mol. The van der Waals surface area contributed by atoms with Gasteiger partial charge in [0, 0.05) is 4.47 Å². The zero-order valence-electron chi connectivity index (χ0n) is 9.16. The Labute approximate surface area is 106 Å². The number of hydrogen-bond acceptors (Lipinski definition) is 2. The van der Waals surface area contributed by atoms with E-state index in [0.29, 0.717) is 6.61 Å². The molecule has 0 saturated heterocycles. The van der Waals surface area contributed by atoms with Crippen LogP contribution in [0, 0.1) is 5.41 Å². The summed E-state index contributed by atoms with van der Waals surface area (Å²) in [5, 5.41) is 0. The monoisotopic (exact) mass is 288 g/mol. The molecule has 0 spiro atoms. The van der Waals surface area contributed by atoms with Crippen molar-refractivity contribution in [3.05, 3.63) is 34.3 Å². The number of benzene rings is 1. The van der Waals surface area contributed by atoms with Crippen LogP contribution in [0.15, 0.2) is 28.7 Å². The summed E-state index contributed by atoms with van der Waals surface area (Å²) in [6, 6.07) is 8.19. The molecule has 1 aromatic rings. The summed E-state index contributed by atoms with van der Waals surface area (Å²) in [6.45, 7) is 5.72. The molecule has 0 aliphatic rings. The van der Waals surface area contributed by atoms with E-state index in [4.69, 9.17) is 4.74 Å². The van der Waals surface area contributed by atoms with E-state index in [1.54, 1.807) is 0 Å². The molecule has 0 bridgehead atoms. The van der Waals surface area contributed by atoms with Gasteiger partial charge in [-0.05, 0) is 28.9 Å². The van der Waals surface area contributed by atoms with Crippen LogP contribution >= 0.6 is 28.6 Å². The molecule has 0 aliphatic heterocycles. The maximum atomic E-state index is 5.65. The first kappa shape index (κ1) is 13.1. The van der Waals surface area contributed by atoms with Crippen LogP contribution in [0.4, 0.5) is 0 Å². The van der Waals surface area contributed by atoms with E-state index in [9.17, 15) is 0 Å². The van der Waals surface area contributed by atoms with E-state index in [1.165, 1.54) is 5.56 Å². The Hall–Kier alpha value is 0.01000. The molecular formula is C12H17BrOS. The Kier molecular flexibility index (Phi) is 5.16. The van der Waals surface area contributed by atoms with Gasteiger partial charge in [0.1, 0.15) is 0 Å². The number of thiol groups is 1. The number of rotatable bonds is 5. The molecule has 1 nitrogen and oxygen atoms in total. The van der Waals surface area contributed by atoms with E-state index in [-0.39, 0.29) is 5.41 Å². The summed E-state index contributed by atoms with van der Waals surface area (Å²) in [5.74, 6) is 0.841. The molecule has 0 unspecified atom stereocenters. The van der Waals surface area contributed by atoms with Gasteiger partial charge in [0.25, 0.3) is 0 Å². The molecule has 0 aromatic heterocycles. The van der Waals surface area contributed by atoms with Crippen LogP contribution in [0.25, 0.3) is 0 Å². The number of hydrogen-bond donors (Lipinski definition) is 1. The topological polar surface area (TPSA) is 9.23 Å². The van der Waals surface area contributed by atoms with Crippen molar-refractivity contribution in [2.45, 2.75) is 20.5 Å². The third kappa shape index (κ3) is 5.05. The lowest BCUT2D eigenvalue weighted by atomic mass is 9.98. The highest BCUT2D eigenvalue weighted by Crippen LogP contribution is 2.18. The third-order valence-electron chi connectivity index (χ3n) is 2.10. The summed E-state index contributed by atoms with van der Waals surface area (Å²) in [5.41, 5.74) is 1.35. The summed E-state index contributed by atoms with van der Waals surface area (Å²) in [6.07, 6.45) is 0. The Morgan fingerprint density at radius 1 is 1.27 bits per heavy atom. The average molecular weight is 289 g/mol. The van der Waals surface area contributed by atoms with Gasteiger partial charge >= 0.3 is 0 Å². The number of halogens is 1. The molecule has 3 heteroatoms. The fraction of sp³-hybridized carbons (Fsp3) is 0.500. The van der Waals surface area contributed by atoms with Crippen molar-refractivity contribution in [3.8, 4) is 0 Å². The molecule has 0 heterocycles. The minimum absolute atomic E-state index is 0.151. The molecule has 0 N–H and O–H groups in total. The molecule has 0 radical (unpaired) electrons. The Morgan fingerprint density at radius 3 is 2.40 bits per heavy atom. The van der Waals surface area contributed by atoms with Crippen molar-refractivity contribution < 1.29 is 4.74 Å². The second kappa shape index (κ2) is 5.92. The molecule has 0 aliphatic carbocycles. The lowest BCUT2D eigenvalue weighted by Gasteiger charge is -2.21. The van der Waals surface area contributed by atoms with Gasteiger partial charge in [0.15, 0.2) is 0 Å². The van der Waals surface area contributed by atoms with Gasteiger partial charge in [-0.1, -0.05) is 41.9 Å². The first-order chi connectivity index (χ1) is 7.03. The molecular weight excluding hydrogens is 272 g/mol. The minimum Gasteiger partial charge on any atom is -0.376 e. The quantitative estimate of drug-likeness (QED) is 0.808. The van der Waals surface area contributed by atoms with E-state index >= 15 is 0 Å². The van der Waals surface area contributed by atoms with Gasteiger partial charge < -0.3 is 4.74 Å². The van der Waals surface area contributed by atoms with E-state index in [1.807, 2.05) is 12.1 Å². The van der Waals surface area contributed by atoms with Gasteiger partial charge in [-0.15, -0.1) is 0 Å². The maximum absolute atomic E-state index is 5.65. The van der Waals surface area contributed by atoms with Gasteiger partial charge in [-0.3, -0.25) is 0 Å². The van der Waals surface area contributed by atoms with Crippen molar-refractivity contribution in [1.29, 1.82) is 0 Å². The normalized spacial score (nSPS) is 11.7. The summed E-state index contributed by atoms with van der Waals surface area (Å²) in [7, 11) is 0. The fourth-order valence-corrected chi connectivity index (χ4v) is 1.43. The van der Waals surface area contributed by atoms with Crippen molar-refractivity contribution in [3.63, 3.8) is 0 Å². The molecule has 1 aromatic carbocycles. The van der Waals surface area contributed by atoms with Crippen LogP contribution in [-0.4, -0.2) is 12.4 Å². The van der Waals surface area contributed by atoms with Crippen molar-refractivity contribution in [1.82, 2.24) is 0 Å². The Morgan fingerprint density at radius 2 is 1.87 bits per heavy atom. The average Bonchev–Trinajstić information content (AvgIpc) is 2.21. The molecule has 0 atom stereocenters. The fourth-order valence-electron chi connectivity index (χ4n) is 1.07. The molecule has 1 rings (SSSR count). The molecule has 0 amide bonds. The maximum Gasteiger partial charge on any atom is 0.0717 e. The van der Waals surface area contributed by atoms with E-state index in [0.717, 1.165) is 16.8 Å². The second-order valence-electron chi connectivity index (χ2n) is 4.44. The van der Waals surface area contributed by atoms with Gasteiger partial charge in [-0.2, -0.15) is 12.6 Å². The van der Waals surface area contributed by atoms with Crippen molar-refractivity contribution >= 4 is 28.6 Å². The van der Waals surface area contributed by atoms with Crippen molar-refractivity contribution in [2.24, 2.45) is 5.41 Å². The molecule has 0 saturated carbocycles. The Bertz CT molecular complexity index is 295. The van der Waals surface area contributed by atoms with Gasteiger partial charge in [-0.25, -0.2) is 0 Å². The second-order valence-corrected chi connectivity index (χ2v) is 5.67. The van der Waals surface area contributed by atoms with Crippen LogP contribution in [-0.2, 0) is 11.3 Å². The van der Waals surface area contributed by atoms with Crippen LogP contribution < -0.4 is 0 Å². The summed E-state index contributed by atoms with van der Waals surface area (Å²) in [4.78, 5) is 0. The van der Waals surface area contributed by atoms with E-state index < -0.39 is 0 Å². The molecule has 15 heavy (non-hydrogen) atoms. The van der Waals surface area contributed by atoms with Crippen LogP contribution in [0.1, 0.15) is 19.4 Å². The van der Waals surface area contributed by atoms with Gasteiger partial charge in [0.05, 0.1) is 13.2 Å². The predicted octanol–water partition coefficient (Wildman–Crippen LogP) is 3.92. The summed E-state index contributed by atoms with van der Waals surface area (Å²) < 4.78 is 6.75. The lowest BCUT2D eigenvalue weighted by molar-refractivity contribution is 0.0621. The highest BCUT2D eigenvalue weighted by atomic mass is 79.9. The standard InChI is InChI=1S/C12H17BrOS/c1-12(2,9-15)8-14-7-10-3-5-11(13)6-4-10/h3-6,15H,7-9H2,1-2H3. The highest BCUT2D eigenvalue weighted by molar-refractivity contribution is 9.10. The minimum atomic E-state index is 0.151. The largest absolute Gasteiger partial charge is 0.376 e. The lowest BCUT2D eigenvalue weighted by Crippen LogP contribution is -2.20. The van der Waals surface area contributed by atoms with Gasteiger partial charge in [0.2, 0.25) is 0 Å². The zero-order valence-corrected chi connectivity index (χ0v) is 11.6. The third-order valence-corrected chi connectivity index (χ3v) is 3.49. The SMILES string of the molecule is CC(C)(CS)COCc1ccc(Br)cc1. The Balaban J connectivity index is 2.35. The van der Waals surface area contributed by atoms with E-state index in [2.05, 4.69) is 54.5 Å². The highest BCUT2D eigenvalue weighted by Gasteiger charge is 2.15. The molecule has 0 fully saturated rings. The first-order valence-corrected chi connectivity index (χ1v) is 6.39. The van der Waals surface area contributed by atoms with Crippen LogP contribution in [0.5, 0.6) is 0 Å². The number of ether oxygens (including phenoxy) is 1. The van der Waals surface area contributed by atoms with Crippen LogP contribution in [0.3, 0.4) is 0 Å². The van der Waals surface area contributed by atoms with Crippen molar-refractivity contribution in [2.75, 3.05) is 12.4 Å². The molecule has 84 valence electrons. The zero-order chi connectivity index (χ0) is 11.3. The first-order valence-electron chi connectivity index (χ1n) is 4.96.